The highest BCUT2D eigenvalue weighted by Gasteiger charge is 2.14. The van der Waals surface area contributed by atoms with Gasteiger partial charge in [0, 0.05) is 13.0 Å². The van der Waals surface area contributed by atoms with Crippen LogP contribution < -0.4 is 5.32 Å². The molecular weight excluding hydrogens is 238 g/mol. The van der Waals surface area contributed by atoms with Crippen LogP contribution in [0.1, 0.15) is 57.8 Å². The Morgan fingerprint density at radius 3 is 2.32 bits per heavy atom. The zero-order valence-electron chi connectivity index (χ0n) is 12.4. The molecule has 0 saturated heterocycles. The molecule has 1 atom stereocenters. The molecule has 0 saturated carbocycles. The van der Waals surface area contributed by atoms with Crippen LogP contribution in [0.25, 0.3) is 0 Å². The number of carbonyl (C=O) groups excluding carboxylic acids is 1. The number of aliphatic hydroxyl groups is 1. The summed E-state index contributed by atoms with van der Waals surface area (Å²) in [4.78, 5) is 11.3. The van der Waals surface area contributed by atoms with Gasteiger partial charge in [0.25, 0.3) is 0 Å². The second-order valence-corrected chi connectivity index (χ2v) is 5.94. The first kappa shape index (κ1) is 15.7. The molecule has 1 unspecified atom stereocenters. The van der Waals surface area contributed by atoms with Crippen LogP contribution in [0.3, 0.4) is 0 Å². The number of amides is 1. The number of aliphatic hydroxyl groups excluding tert-OH is 1. The minimum absolute atomic E-state index is 0.00661. The van der Waals surface area contributed by atoms with Crippen molar-refractivity contribution in [1.29, 1.82) is 0 Å². The van der Waals surface area contributed by atoms with E-state index in [1.54, 1.807) is 0 Å². The van der Waals surface area contributed by atoms with Crippen molar-refractivity contribution in [3.05, 3.63) is 35.4 Å². The normalized spacial score (nSPS) is 13.1. The summed E-state index contributed by atoms with van der Waals surface area (Å²) in [5, 5.41) is 12.8. The van der Waals surface area contributed by atoms with Gasteiger partial charge in [-0.25, -0.2) is 0 Å². The zero-order valence-corrected chi connectivity index (χ0v) is 12.4. The van der Waals surface area contributed by atoms with Crippen molar-refractivity contribution >= 4 is 5.91 Å². The van der Waals surface area contributed by atoms with Crippen molar-refractivity contribution in [2.24, 2.45) is 0 Å². The molecule has 2 N–H and O–H groups in total. The second kappa shape index (κ2) is 6.71. The number of carbonyl (C=O) groups is 1. The topological polar surface area (TPSA) is 49.3 Å². The van der Waals surface area contributed by atoms with Crippen molar-refractivity contribution in [1.82, 2.24) is 5.32 Å². The van der Waals surface area contributed by atoms with Crippen molar-refractivity contribution in [3.8, 4) is 0 Å². The van der Waals surface area contributed by atoms with E-state index in [1.807, 2.05) is 31.2 Å². The van der Waals surface area contributed by atoms with Gasteiger partial charge in [-0.1, -0.05) is 52.0 Å². The minimum atomic E-state index is -0.644. The molecule has 0 bridgehead atoms. The summed E-state index contributed by atoms with van der Waals surface area (Å²) in [6.45, 7) is 8.70. The van der Waals surface area contributed by atoms with Crippen molar-refractivity contribution < 1.29 is 9.90 Å². The lowest BCUT2D eigenvalue weighted by Crippen LogP contribution is -2.28. The number of nitrogens with one attached hydrogen (secondary N) is 1. The molecular formula is C16H25NO2. The highest BCUT2D eigenvalue weighted by molar-refractivity contribution is 5.75. The van der Waals surface area contributed by atoms with Crippen molar-refractivity contribution in [2.75, 3.05) is 6.54 Å². The molecule has 0 aromatic heterocycles. The average molecular weight is 263 g/mol. The molecule has 0 fully saturated rings. The molecule has 0 heterocycles. The fraction of sp³-hybridized carbons (Fsp3) is 0.562. The molecule has 3 nitrogen and oxygen atoms in total. The van der Waals surface area contributed by atoms with E-state index in [0.717, 1.165) is 12.0 Å². The standard InChI is InChI=1S/C16H25NO2/c1-5-6-15(19)17-11-14(18)12-7-9-13(10-8-12)16(2,3)4/h7-10,14,18H,5-6,11H2,1-4H3,(H,17,19). The van der Waals surface area contributed by atoms with Crippen LogP contribution in [0.4, 0.5) is 0 Å². The van der Waals surface area contributed by atoms with Crippen LogP contribution in [0, 0.1) is 0 Å². The smallest absolute Gasteiger partial charge is 0.220 e. The Balaban J connectivity index is 2.58. The third-order valence-corrected chi connectivity index (χ3v) is 3.13. The van der Waals surface area contributed by atoms with Gasteiger partial charge in [-0.3, -0.25) is 4.79 Å². The first-order chi connectivity index (χ1) is 8.84. The summed E-state index contributed by atoms with van der Waals surface area (Å²) in [6.07, 6.45) is 0.688. The van der Waals surface area contributed by atoms with Crippen LogP contribution in [-0.2, 0) is 10.2 Å². The highest BCUT2D eigenvalue weighted by atomic mass is 16.3. The number of benzene rings is 1. The third-order valence-electron chi connectivity index (χ3n) is 3.13. The average Bonchev–Trinajstić information content (AvgIpc) is 2.35. The summed E-state index contributed by atoms with van der Waals surface area (Å²) >= 11 is 0. The Morgan fingerprint density at radius 2 is 1.84 bits per heavy atom. The van der Waals surface area contributed by atoms with Crippen LogP contribution in [0.15, 0.2) is 24.3 Å². The number of hydrogen-bond acceptors (Lipinski definition) is 2. The zero-order chi connectivity index (χ0) is 14.5. The Bertz CT molecular complexity index is 404. The third kappa shape index (κ3) is 5.03. The Morgan fingerprint density at radius 1 is 1.26 bits per heavy atom. The lowest BCUT2D eigenvalue weighted by atomic mass is 9.86. The molecule has 19 heavy (non-hydrogen) atoms. The van der Waals surface area contributed by atoms with E-state index in [9.17, 15) is 9.90 Å². The maximum atomic E-state index is 11.3. The number of rotatable bonds is 5. The summed E-state index contributed by atoms with van der Waals surface area (Å²) in [6, 6.07) is 7.92. The first-order valence-electron chi connectivity index (χ1n) is 6.89. The van der Waals surface area contributed by atoms with Gasteiger partial charge in [0.1, 0.15) is 0 Å². The maximum absolute atomic E-state index is 11.3. The van der Waals surface area contributed by atoms with Gasteiger partial charge in [-0.05, 0) is 23.0 Å². The summed E-state index contributed by atoms with van der Waals surface area (Å²) in [5.41, 5.74) is 2.18. The lowest BCUT2D eigenvalue weighted by molar-refractivity contribution is -0.121. The van der Waals surface area contributed by atoms with Crippen molar-refractivity contribution in [3.63, 3.8) is 0 Å². The fourth-order valence-corrected chi connectivity index (χ4v) is 1.85. The Hall–Kier alpha value is -1.35. The van der Waals surface area contributed by atoms with Crippen LogP contribution in [0.5, 0.6) is 0 Å². The molecule has 106 valence electrons. The number of hydrogen-bond donors (Lipinski definition) is 2. The summed E-state index contributed by atoms with van der Waals surface area (Å²) in [7, 11) is 0. The van der Waals surface area contributed by atoms with E-state index in [-0.39, 0.29) is 17.9 Å². The summed E-state index contributed by atoms with van der Waals surface area (Å²) in [5.74, 6) is -0.00661. The van der Waals surface area contributed by atoms with E-state index in [0.29, 0.717) is 6.42 Å². The van der Waals surface area contributed by atoms with E-state index < -0.39 is 6.10 Å². The van der Waals surface area contributed by atoms with E-state index in [1.165, 1.54) is 5.56 Å². The lowest BCUT2D eigenvalue weighted by Gasteiger charge is -2.20. The molecule has 0 aliphatic heterocycles. The molecule has 0 radical (unpaired) electrons. The van der Waals surface area contributed by atoms with Gasteiger partial charge in [0.15, 0.2) is 0 Å². The van der Waals surface area contributed by atoms with Crippen LogP contribution in [0.2, 0.25) is 0 Å². The quantitative estimate of drug-likeness (QED) is 0.858. The maximum Gasteiger partial charge on any atom is 0.220 e. The SMILES string of the molecule is CCCC(=O)NCC(O)c1ccc(C(C)(C)C)cc1. The molecule has 0 spiro atoms. The van der Waals surface area contributed by atoms with E-state index in [2.05, 4.69) is 26.1 Å². The monoisotopic (exact) mass is 263 g/mol. The van der Waals surface area contributed by atoms with Gasteiger partial charge in [0.2, 0.25) is 5.91 Å². The van der Waals surface area contributed by atoms with Crippen LogP contribution in [-0.4, -0.2) is 17.6 Å². The van der Waals surface area contributed by atoms with Gasteiger partial charge in [0.05, 0.1) is 6.10 Å². The molecule has 1 aromatic carbocycles. The largest absolute Gasteiger partial charge is 0.387 e. The van der Waals surface area contributed by atoms with Crippen LogP contribution >= 0.6 is 0 Å². The fourth-order valence-electron chi connectivity index (χ4n) is 1.85. The van der Waals surface area contributed by atoms with Gasteiger partial charge in [-0.15, -0.1) is 0 Å². The predicted octanol–water partition coefficient (Wildman–Crippen LogP) is 2.93. The Kier molecular flexibility index (Phi) is 5.55. The van der Waals surface area contributed by atoms with Crippen molar-refractivity contribution in [2.45, 2.75) is 52.1 Å². The summed E-state index contributed by atoms with van der Waals surface area (Å²) < 4.78 is 0. The van der Waals surface area contributed by atoms with Gasteiger partial charge in [-0.2, -0.15) is 0 Å². The highest BCUT2D eigenvalue weighted by Crippen LogP contribution is 2.23. The first-order valence-corrected chi connectivity index (χ1v) is 6.89. The molecule has 1 rings (SSSR count). The van der Waals surface area contributed by atoms with E-state index >= 15 is 0 Å². The molecule has 0 aliphatic rings. The van der Waals surface area contributed by atoms with Gasteiger partial charge >= 0.3 is 0 Å². The molecule has 1 aromatic rings. The van der Waals surface area contributed by atoms with Gasteiger partial charge < -0.3 is 10.4 Å². The molecule has 3 heteroatoms. The van der Waals surface area contributed by atoms with E-state index in [4.69, 9.17) is 0 Å². The molecule has 1 amide bonds. The second-order valence-electron chi connectivity index (χ2n) is 5.94. The Labute approximate surface area is 116 Å². The molecule has 0 aliphatic carbocycles. The predicted molar refractivity (Wildman–Crippen MR) is 78.0 cm³/mol. The minimum Gasteiger partial charge on any atom is -0.387 e.